The molecule has 184 valence electrons. The highest BCUT2D eigenvalue weighted by atomic mass is 15.0. The molecule has 0 fully saturated rings. The summed E-state index contributed by atoms with van der Waals surface area (Å²) in [7, 11) is 0. The number of para-hydroxylation sites is 2. The predicted molar refractivity (Wildman–Crippen MR) is 161 cm³/mol. The zero-order valence-corrected chi connectivity index (χ0v) is 22.0. The topological polar surface area (TPSA) is 30.9 Å². The molecule has 2 heteroatoms. The van der Waals surface area contributed by atoms with Crippen LogP contribution in [0.4, 0.5) is 0 Å². The van der Waals surface area contributed by atoms with E-state index in [9.17, 15) is 0 Å². The fourth-order valence-corrected chi connectivity index (χ4v) is 4.36. The maximum absolute atomic E-state index is 6.34. The van der Waals surface area contributed by atoms with Crippen LogP contribution in [0.15, 0.2) is 116 Å². The highest BCUT2D eigenvalue weighted by Crippen LogP contribution is 2.35. The van der Waals surface area contributed by atoms with Crippen molar-refractivity contribution in [2.75, 3.05) is 0 Å². The lowest BCUT2D eigenvalue weighted by molar-refractivity contribution is 1.05. The molecule has 0 radical (unpaired) electrons. The van der Waals surface area contributed by atoms with Gasteiger partial charge in [0.2, 0.25) is 0 Å². The maximum atomic E-state index is 6.34. The highest BCUT2D eigenvalue weighted by Gasteiger charge is 2.13. The van der Waals surface area contributed by atoms with E-state index >= 15 is 0 Å². The van der Waals surface area contributed by atoms with Gasteiger partial charge in [0.1, 0.15) is 0 Å². The van der Waals surface area contributed by atoms with E-state index in [0.717, 1.165) is 24.1 Å². The van der Waals surface area contributed by atoms with Crippen LogP contribution in [0, 0.1) is 0 Å². The van der Waals surface area contributed by atoms with E-state index in [0.29, 0.717) is 0 Å². The summed E-state index contributed by atoms with van der Waals surface area (Å²) in [6, 6.07) is 34.4. The monoisotopic (exact) mass is 474 g/mol. The van der Waals surface area contributed by atoms with Crippen LogP contribution in [0.25, 0.3) is 44.3 Å². The Hall–Kier alpha value is -4.04. The molecule has 0 aliphatic rings. The molecular weight excluding hydrogens is 436 g/mol. The van der Waals surface area contributed by atoms with E-state index in [1.165, 1.54) is 38.6 Å². The fraction of sp³-hybridized carbons (Fsp3) is 0.176. The molecule has 4 aromatic carbocycles. The van der Waals surface area contributed by atoms with E-state index in [-0.39, 0.29) is 0 Å². The van der Waals surface area contributed by atoms with Gasteiger partial charge < -0.3 is 10.3 Å². The predicted octanol–water partition coefficient (Wildman–Crippen LogP) is 9.77. The first-order chi connectivity index (χ1) is 17.8. The minimum atomic E-state index is 0.815. The summed E-state index contributed by atoms with van der Waals surface area (Å²) >= 11 is 0. The second kappa shape index (κ2) is 13.2. The van der Waals surface area contributed by atoms with Crippen molar-refractivity contribution in [1.82, 2.24) is 4.57 Å². The van der Waals surface area contributed by atoms with E-state index in [1.54, 1.807) is 0 Å². The first-order valence-electron chi connectivity index (χ1n) is 13.0. The molecule has 2 nitrogen and oxygen atoms in total. The van der Waals surface area contributed by atoms with Crippen molar-refractivity contribution >= 4 is 27.5 Å². The molecule has 36 heavy (non-hydrogen) atoms. The zero-order chi connectivity index (χ0) is 25.9. The second-order valence-corrected chi connectivity index (χ2v) is 8.03. The van der Waals surface area contributed by atoms with Gasteiger partial charge in [-0.05, 0) is 65.9 Å². The molecule has 0 saturated heterocycles. The van der Waals surface area contributed by atoms with Gasteiger partial charge in [0.05, 0.1) is 11.0 Å². The molecule has 0 unspecified atom stereocenters. The molecule has 0 bridgehead atoms. The van der Waals surface area contributed by atoms with Crippen LogP contribution in [0.3, 0.4) is 0 Å². The number of hydrogen-bond acceptors (Lipinski definition) is 1. The van der Waals surface area contributed by atoms with Crippen molar-refractivity contribution < 1.29 is 0 Å². The Labute approximate surface area is 216 Å². The summed E-state index contributed by atoms with van der Waals surface area (Å²) < 4.78 is 2.34. The summed E-state index contributed by atoms with van der Waals surface area (Å²) in [4.78, 5) is 0. The van der Waals surface area contributed by atoms with Crippen molar-refractivity contribution in [3.05, 3.63) is 121 Å². The van der Waals surface area contributed by atoms with Crippen molar-refractivity contribution in [1.29, 1.82) is 0 Å². The van der Waals surface area contributed by atoms with Gasteiger partial charge in [0.25, 0.3) is 0 Å². The molecule has 0 aliphatic carbocycles. The summed E-state index contributed by atoms with van der Waals surface area (Å²) in [6.07, 6.45) is 5.84. The van der Waals surface area contributed by atoms with Crippen LogP contribution < -0.4 is 5.73 Å². The van der Waals surface area contributed by atoms with Gasteiger partial charge in [0.15, 0.2) is 0 Å². The number of nitrogens with two attached hydrogens (primary N) is 1. The molecule has 1 aromatic heterocycles. The Morgan fingerprint density at radius 1 is 0.694 bits per heavy atom. The van der Waals surface area contributed by atoms with E-state index in [4.69, 9.17) is 5.73 Å². The molecule has 0 amide bonds. The van der Waals surface area contributed by atoms with Crippen LogP contribution in [-0.2, 0) is 0 Å². The van der Waals surface area contributed by atoms with Gasteiger partial charge in [-0.3, -0.25) is 0 Å². The van der Waals surface area contributed by atoms with Gasteiger partial charge in [-0.2, -0.15) is 0 Å². The van der Waals surface area contributed by atoms with Crippen molar-refractivity contribution in [2.45, 2.75) is 40.5 Å². The lowest BCUT2D eigenvalue weighted by Crippen LogP contribution is -1.96. The number of hydrogen-bond donors (Lipinski definition) is 1. The lowest BCUT2D eigenvalue weighted by Gasteiger charge is -2.09. The third kappa shape index (κ3) is 5.60. The Balaban J connectivity index is 0.000000861. The summed E-state index contributed by atoms with van der Waals surface area (Å²) in [5.74, 6) is 0. The number of fused-ring (bicyclic) bond motifs is 3. The minimum Gasteiger partial charge on any atom is -0.399 e. The van der Waals surface area contributed by atoms with Gasteiger partial charge in [-0.25, -0.2) is 0 Å². The number of benzene rings is 4. The summed E-state index contributed by atoms with van der Waals surface area (Å²) in [6.45, 7) is 11.8. The third-order valence-electron chi connectivity index (χ3n) is 5.95. The molecule has 2 N–H and O–H groups in total. The minimum absolute atomic E-state index is 0.815. The number of allylic oxidation sites excluding steroid dienone is 2. The Bertz CT molecular complexity index is 1440. The second-order valence-electron chi connectivity index (χ2n) is 8.03. The quantitative estimate of drug-likeness (QED) is 0.193. The Morgan fingerprint density at radius 2 is 1.36 bits per heavy atom. The molecular formula is C34H38N2. The third-order valence-corrected chi connectivity index (χ3v) is 5.95. The standard InChI is InChI=1S/C30H26N2.2C2H6/c1-2-3-5-16-28(31)24-12-10-11-22(20-24)23-18-19-30-27(21-23)26-15-8-9-17-29(26)32(30)25-13-6-4-7-14-25;2*1-2/h2,4,6-21H,1,3,5,31H2;2*1-2H3/b28-16-;;. The van der Waals surface area contributed by atoms with Crippen LogP contribution in [0.5, 0.6) is 0 Å². The van der Waals surface area contributed by atoms with E-state index in [2.05, 4.69) is 114 Å². The molecule has 0 spiro atoms. The first kappa shape index (κ1) is 26.6. The molecule has 0 saturated carbocycles. The van der Waals surface area contributed by atoms with Crippen molar-refractivity contribution in [2.24, 2.45) is 5.73 Å². The number of aromatic nitrogens is 1. The Morgan fingerprint density at radius 3 is 2.11 bits per heavy atom. The molecule has 1 heterocycles. The zero-order valence-electron chi connectivity index (χ0n) is 22.0. The van der Waals surface area contributed by atoms with Crippen molar-refractivity contribution in [3.63, 3.8) is 0 Å². The van der Waals surface area contributed by atoms with Gasteiger partial charge in [-0.15, -0.1) is 6.58 Å². The molecule has 5 aromatic rings. The van der Waals surface area contributed by atoms with Crippen LogP contribution in [0.2, 0.25) is 0 Å². The van der Waals surface area contributed by atoms with Gasteiger partial charge >= 0.3 is 0 Å². The molecule has 0 atom stereocenters. The Kier molecular flexibility index (Phi) is 9.71. The van der Waals surface area contributed by atoms with E-state index in [1.807, 2.05) is 33.8 Å². The first-order valence-corrected chi connectivity index (χ1v) is 13.0. The molecule has 0 aliphatic heterocycles. The van der Waals surface area contributed by atoms with E-state index < -0.39 is 0 Å². The van der Waals surface area contributed by atoms with Gasteiger partial charge in [0, 0.05) is 22.2 Å². The normalized spacial score (nSPS) is 10.8. The average Bonchev–Trinajstić information content (AvgIpc) is 3.29. The van der Waals surface area contributed by atoms with Crippen molar-refractivity contribution in [3.8, 4) is 16.8 Å². The average molecular weight is 475 g/mol. The lowest BCUT2D eigenvalue weighted by atomic mass is 9.99. The smallest absolute Gasteiger partial charge is 0.0541 e. The SMILES string of the molecule is C=CCC/C=C(\N)c1cccc(-c2ccc3c(c2)c2ccccc2n3-c2ccccc2)c1.CC.CC. The summed E-state index contributed by atoms with van der Waals surface area (Å²) in [5.41, 5.74) is 14.2. The number of nitrogens with zero attached hydrogens (tertiary/aromatic N) is 1. The maximum Gasteiger partial charge on any atom is 0.0541 e. The van der Waals surface area contributed by atoms with Crippen LogP contribution >= 0.6 is 0 Å². The largest absolute Gasteiger partial charge is 0.399 e. The molecule has 5 rings (SSSR count). The fourth-order valence-electron chi connectivity index (χ4n) is 4.36. The summed E-state index contributed by atoms with van der Waals surface area (Å²) in [5, 5.41) is 2.51. The number of rotatable bonds is 6. The highest BCUT2D eigenvalue weighted by molar-refractivity contribution is 6.10. The van der Waals surface area contributed by atoms with Crippen LogP contribution in [-0.4, -0.2) is 4.57 Å². The number of unbranched alkanes of at least 4 members (excludes halogenated alkanes) is 1. The van der Waals surface area contributed by atoms with Crippen LogP contribution in [0.1, 0.15) is 46.1 Å². The van der Waals surface area contributed by atoms with Gasteiger partial charge in [-0.1, -0.05) is 101 Å².